The van der Waals surface area contributed by atoms with Crippen molar-refractivity contribution < 1.29 is 19.4 Å². The van der Waals surface area contributed by atoms with Gasteiger partial charge in [-0.2, -0.15) is 0 Å². The third kappa shape index (κ3) is 3.09. The van der Waals surface area contributed by atoms with Gasteiger partial charge < -0.3 is 20.5 Å². The monoisotopic (exact) mass is 242 g/mol. The van der Waals surface area contributed by atoms with Crippen molar-refractivity contribution in [2.75, 3.05) is 19.8 Å². The molecule has 2 rings (SSSR count). The van der Waals surface area contributed by atoms with Gasteiger partial charge in [-0.05, 0) is 18.8 Å². The molecular formula is C11H18N2O4. The smallest absolute Gasteiger partial charge is 0.329 e. The van der Waals surface area contributed by atoms with Gasteiger partial charge in [0, 0.05) is 32.6 Å². The molecule has 0 aromatic carbocycles. The molecule has 1 aliphatic carbocycles. The number of carbonyl (C=O) groups is 2. The fraction of sp³-hybridized carbons (Fsp3) is 0.818. The van der Waals surface area contributed by atoms with Gasteiger partial charge in [0.15, 0.2) is 0 Å². The Morgan fingerprint density at radius 3 is 2.47 bits per heavy atom. The largest absolute Gasteiger partial charge is 0.480 e. The summed E-state index contributed by atoms with van der Waals surface area (Å²) in [6.45, 7) is 1.38. The lowest BCUT2D eigenvalue weighted by atomic mass is 9.90. The average Bonchev–Trinajstić information content (AvgIpc) is 3.11. The highest BCUT2D eigenvalue weighted by Crippen LogP contribution is 2.27. The molecule has 2 aliphatic rings. The summed E-state index contributed by atoms with van der Waals surface area (Å²) in [4.78, 5) is 22.9. The third-order valence-corrected chi connectivity index (χ3v) is 3.36. The normalized spacial score (nSPS) is 22.8. The van der Waals surface area contributed by atoms with Gasteiger partial charge in [-0.25, -0.2) is 9.59 Å². The molecule has 17 heavy (non-hydrogen) atoms. The number of urea groups is 1. The minimum atomic E-state index is -1.16. The van der Waals surface area contributed by atoms with E-state index in [0.29, 0.717) is 38.5 Å². The first-order valence-corrected chi connectivity index (χ1v) is 5.99. The van der Waals surface area contributed by atoms with Gasteiger partial charge in [0.2, 0.25) is 0 Å². The van der Waals surface area contributed by atoms with Crippen LogP contribution in [-0.4, -0.2) is 42.4 Å². The van der Waals surface area contributed by atoms with Crippen LogP contribution in [0.5, 0.6) is 0 Å². The molecule has 0 spiro atoms. The Kier molecular flexibility index (Phi) is 3.51. The highest BCUT2D eigenvalue weighted by Gasteiger charge is 2.41. The minimum Gasteiger partial charge on any atom is -0.480 e. The topological polar surface area (TPSA) is 87.7 Å². The van der Waals surface area contributed by atoms with Crippen molar-refractivity contribution in [2.24, 2.45) is 5.92 Å². The van der Waals surface area contributed by atoms with E-state index in [-0.39, 0.29) is 6.03 Å². The van der Waals surface area contributed by atoms with Gasteiger partial charge in [-0.15, -0.1) is 0 Å². The second-order valence-electron chi connectivity index (χ2n) is 4.78. The van der Waals surface area contributed by atoms with Crippen molar-refractivity contribution in [2.45, 2.75) is 31.2 Å². The quantitative estimate of drug-likeness (QED) is 0.663. The zero-order valence-electron chi connectivity index (χ0n) is 9.70. The predicted octanol–water partition coefficient (Wildman–Crippen LogP) is 0.329. The first kappa shape index (κ1) is 12.2. The van der Waals surface area contributed by atoms with E-state index in [0.717, 1.165) is 12.8 Å². The van der Waals surface area contributed by atoms with E-state index in [9.17, 15) is 14.7 Å². The predicted molar refractivity (Wildman–Crippen MR) is 59.7 cm³/mol. The summed E-state index contributed by atoms with van der Waals surface area (Å²) in [6, 6.07) is -0.388. The van der Waals surface area contributed by atoms with Crippen LogP contribution in [0, 0.1) is 5.92 Å². The maximum Gasteiger partial charge on any atom is 0.329 e. The number of carboxylic acid groups (broad SMARTS) is 1. The van der Waals surface area contributed by atoms with Gasteiger partial charge >= 0.3 is 12.0 Å². The Bertz CT molecular complexity index is 309. The van der Waals surface area contributed by atoms with E-state index in [2.05, 4.69) is 10.6 Å². The third-order valence-electron chi connectivity index (χ3n) is 3.36. The Labute approximate surface area is 99.7 Å². The fourth-order valence-corrected chi connectivity index (χ4v) is 1.93. The molecule has 1 heterocycles. The summed E-state index contributed by atoms with van der Waals surface area (Å²) in [5.41, 5.74) is -1.16. The lowest BCUT2D eigenvalue weighted by Gasteiger charge is -2.33. The number of hydrogen-bond acceptors (Lipinski definition) is 3. The molecule has 3 N–H and O–H groups in total. The number of nitrogens with one attached hydrogen (secondary N) is 2. The molecule has 2 fully saturated rings. The molecule has 0 aromatic heterocycles. The van der Waals surface area contributed by atoms with Crippen LogP contribution in [0.4, 0.5) is 4.79 Å². The Morgan fingerprint density at radius 1 is 1.29 bits per heavy atom. The molecule has 0 bridgehead atoms. The molecule has 1 saturated heterocycles. The number of carbonyl (C=O) groups excluding carboxylic acids is 1. The minimum absolute atomic E-state index is 0.319. The van der Waals surface area contributed by atoms with Crippen LogP contribution in [-0.2, 0) is 9.53 Å². The Hall–Kier alpha value is -1.30. The van der Waals surface area contributed by atoms with Gasteiger partial charge in [0.1, 0.15) is 5.54 Å². The number of carboxylic acids is 1. The molecule has 1 saturated carbocycles. The molecule has 96 valence electrons. The van der Waals surface area contributed by atoms with Crippen molar-refractivity contribution in [1.29, 1.82) is 0 Å². The second kappa shape index (κ2) is 4.91. The number of amides is 2. The first-order chi connectivity index (χ1) is 8.12. The number of aliphatic carboxylic acids is 1. The van der Waals surface area contributed by atoms with E-state index < -0.39 is 11.5 Å². The van der Waals surface area contributed by atoms with E-state index >= 15 is 0 Å². The molecular weight excluding hydrogens is 224 g/mol. The van der Waals surface area contributed by atoms with E-state index in [4.69, 9.17) is 4.74 Å². The zero-order valence-corrected chi connectivity index (χ0v) is 9.70. The lowest BCUT2D eigenvalue weighted by Crippen LogP contribution is -2.59. The molecule has 0 aromatic rings. The zero-order chi connectivity index (χ0) is 12.3. The molecule has 0 unspecified atom stereocenters. The number of rotatable bonds is 4. The fourth-order valence-electron chi connectivity index (χ4n) is 1.93. The molecule has 1 aliphatic heterocycles. The van der Waals surface area contributed by atoms with Gasteiger partial charge in [-0.1, -0.05) is 0 Å². The van der Waals surface area contributed by atoms with E-state index in [1.165, 1.54) is 0 Å². The summed E-state index contributed by atoms with van der Waals surface area (Å²) in [7, 11) is 0. The Morgan fingerprint density at radius 2 is 1.94 bits per heavy atom. The van der Waals surface area contributed by atoms with Crippen molar-refractivity contribution >= 4 is 12.0 Å². The second-order valence-corrected chi connectivity index (χ2v) is 4.78. The van der Waals surface area contributed by atoms with Crippen molar-refractivity contribution in [1.82, 2.24) is 10.6 Å². The number of hydrogen-bond donors (Lipinski definition) is 3. The van der Waals surface area contributed by atoms with Gasteiger partial charge in [0.05, 0.1) is 0 Å². The molecule has 0 radical (unpaired) electrons. The molecule has 6 nitrogen and oxygen atoms in total. The van der Waals surface area contributed by atoms with Crippen molar-refractivity contribution in [3.8, 4) is 0 Å². The number of ether oxygens (including phenoxy) is 1. The van der Waals surface area contributed by atoms with Gasteiger partial charge in [0.25, 0.3) is 0 Å². The summed E-state index contributed by atoms with van der Waals surface area (Å²) >= 11 is 0. The van der Waals surface area contributed by atoms with Crippen LogP contribution in [0.1, 0.15) is 25.7 Å². The molecule has 6 heteroatoms. The van der Waals surface area contributed by atoms with Crippen LogP contribution >= 0.6 is 0 Å². The van der Waals surface area contributed by atoms with Crippen LogP contribution in [0.15, 0.2) is 0 Å². The summed E-state index contributed by atoms with van der Waals surface area (Å²) in [5.74, 6) is -0.404. The van der Waals surface area contributed by atoms with Crippen molar-refractivity contribution in [3.05, 3.63) is 0 Å². The van der Waals surface area contributed by atoms with E-state index in [1.54, 1.807) is 0 Å². The Balaban J connectivity index is 1.86. The van der Waals surface area contributed by atoms with Crippen molar-refractivity contribution in [3.63, 3.8) is 0 Å². The standard InChI is InChI=1S/C11H18N2O4/c14-9(15)11(3-5-17-6-4-11)13-10(16)12-7-8-1-2-8/h8H,1-7H2,(H,14,15)(H2,12,13,16). The SMILES string of the molecule is O=C(NCC1CC1)NC1(C(=O)O)CCOCC1. The summed E-state index contributed by atoms with van der Waals surface area (Å²) in [5, 5.41) is 14.5. The van der Waals surface area contributed by atoms with Crippen LogP contribution < -0.4 is 10.6 Å². The average molecular weight is 242 g/mol. The van der Waals surface area contributed by atoms with Crippen LogP contribution in [0.2, 0.25) is 0 Å². The maximum absolute atomic E-state index is 11.6. The van der Waals surface area contributed by atoms with E-state index in [1.807, 2.05) is 0 Å². The van der Waals surface area contributed by atoms with Crippen LogP contribution in [0.25, 0.3) is 0 Å². The van der Waals surface area contributed by atoms with Crippen LogP contribution in [0.3, 0.4) is 0 Å². The maximum atomic E-state index is 11.6. The first-order valence-electron chi connectivity index (χ1n) is 5.99. The summed E-state index contributed by atoms with van der Waals surface area (Å²) in [6.07, 6.45) is 2.94. The summed E-state index contributed by atoms with van der Waals surface area (Å²) < 4.78 is 5.13. The molecule has 2 amide bonds. The molecule has 0 atom stereocenters. The lowest BCUT2D eigenvalue weighted by molar-refractivity contribution is -0.148. The highest BCUT2D eigenvalue weighted by atomic mass is 16.5. The highest BCUT2D eigenvalue weighted by molar-refractivity contribution is 5.86. The van der Waals surface area contributed by atoms with Gasteiger partial charge in [-0.3, -0.25) is 0 Å².